The Kier molecular flexibility index (Phi) is 7.89. The molecular weight excluding hydrogens is 248 g/mol. The summed E-state index contributed by atoms with van der Waals surface area (Å²) in [6.07, 6.45) is -0.888. The molecule has 2 radical (unpaired) electrons. The van der Waals surface area contributed by atoms with Crippen molar-refractivity contribution in [2.24, 2.45) is 0 Å². The van der Waals surface area contributed by atoms with Crippen LogP contribution in [0, 0.1) is 6.92 Å². The van der Waals surface area contributed by atoms with Crippen LogP contribution in [-0.2, 0) is 19.6 Å². The molecule has 0 aromatic rings. The van der Waals surface area contributed by atoms with Crippen LogP contribution < -0.4 is 0 Å². The minimum absolute atomic E-state index is 0.0819. The topological polar surface area (TPSA) is 93.1 Å². The van der Waals surface area contributed by atoms with Gasteiger partial charge in [-0.15, -0.1) is 0 Å². The van der Waals surface area contributed by atoms with Crippen LogP contribution in [0.25, 0.3) is 0 Å². The number of rotatable bonds is 9. The van der Waals surface area contributed by atoms with Crippen molar-refractivity contribution >= 4 is 10.1 Å². The normalized spacial score (nSPS) is 16.1. The van der Waals surface area contributed by atoms with Gasteiger partial charge in [0, 0.05) is 6.61 Å². The predicted octanol–water partition coefficient (Wildman–Crippen LogP) is 0.146. The van der Waals surface area contributed by atoms with Crippen molar-refractivity contribution in [3.05, 3.63) is 6.92 Å². The summed E-state index contributed by atoms with van der Waals surface area (Å²) >= 11 is 0. The smallest absolute Gasteiger partial charge is 0.270 e. The summed E-state index contributed by atoms with van der Waals surface area (Å²) in [6.45, 7) is 8.25. The fourth-order valence-electron chi connectivity index (χ4n) is 1.03. The van der Waals surface area contributed by atoms with Crippen LogP contribution in [0.5, 0.6) is 0 Å². The summed E-state index contributed by atoms with van der Waals surface area (Å²) in [5.41, 5.74) is 0. The van der Waals surface area contributed by atoms with Gasteiger partial charge in [0.05, 0.1) is 25.4 Å². The van der Waals surface area contributed by atoms with Crippen LogP contribution in [0.15, 0.2) is 0 Å². The lowest BCUT2D eigenvalue weighted by Gasteiger charge is -2.17. The van der Waals surface area contributed by atoms with E-state index in [-0.39, 0.29) is 26.2 Å². The first kappa shape index (κ1) is 16.8. The zero-order valence-electron chi connectivity index (χ0n) is 10.1. The summed E-state index contributed by atoms with van der Waals surface area (Å²) in [6, 6.07) is 0. The van der Waals surface area contributed by atoms with Crippen LogP contribution in [-0.4, -0.2) is 55.4 Å². The van der Waals surface area contributed by atoms with Crippen LogP contribution in [0.2, 0.25) is 0 Å². The summed E-state index contributed by atoms with van der Waals surface area (Å²) in [7, 11) is -4.19. The highest BCUT2D eigenvalue weighted by atomic mass is 32.2. The summed E-state index contributed by atoms with van der Waals surface area (Å²) < 4.78 is 41.1. The number of aliphatic hydroxyl groups is 1. The van der Waals surface area contributed by atoms with Crippen LogP contribution >= 0.6 is 0 Å². The predicted molar refractivity (Wildman–Crippen MR) is 62.2 cm³/mol. The average Bonchev–Trinajstić information content (AvgIpc) is 2.20. The molecule has 0 amide bonds. The van der Waals surface area contributed by atoms with E-state index in [1.165, 1.54) is 0 Å². The maximum absolute atomic E-state index is 11.0. The maximum Gasteiger partial charge on any atom is 0.270 e. The van der Waals surface area contributed by atoms with Gasteiger partial charge >= 0.3 is 0 Å². The van der Waals surface area contributed by atoms with Gasteiger partial charge in [-0.1, -0.05) is 0 Å². The molecule has 3 atom stereocenters. The Morgan fingerprint density at radius 1 is 1.29 bits per heavy atom. The molecule has 102 valence electrons. The number of ether oxygens (including phenoxy) is 2. The van der Waals surface area contributed by atoms with E-state index >= 15 is 0 Å². The van der Waals surface area contributed by atoms with Crippen molar-refractivity contribution in [2.75, 3.05) is 19.8 Å². The summed E-state index contributed by atoms with van der Waals surface area (Å²) in [4.78, 5) is 0. The largest absolute Gasteiger partial charge is 0.394 e. The van der Waals surface area contributed by atoms with Gasteiger partial charge in [0.15, 0.2) is 0 Å². The third kappa shape index (κ3) is 8.50. The molecule has 0 heterocycles. The minimum atomic E-state index is -4.19. The second kappa shape index (κ2) is 7.99. The second-order valence-corrected chi connectivity index (χ2v) is 5.52. The Hall–Kier alpha value is -0.210. The van der Waals surface area contributed by atoms with Gasteiger partial charge in [0.1, 0.15) is 5.25 Å². The highest BCUT2D eigenvalue weighted by Gasteiger charge is 2.24. The van der Waals surface area contributed by atoms with E-state index in [0.29, 0.717) is 0 Å². The van der Waals surface area contributed by atoms with Crippen molar-refractivity contribution < 1.29 is 27.6 Å². The molecule has 0 rings (SSSR count). The summed E-state index contributed by atoms with van der Waals surface area (Å²) in [5.74, 6) is 0. The van der Waals surface area contributed by atoms with E-state index in [4.69, 9.17) is 26.1 Å². The molecule has 0 aliphatic heterocycles. The van der Waals surface area contributed by atoms with Crippen LogP contribution in [0.4, 0.5) is 0 Å². The monoisotopic (exact) mass is 268 g/mol. The number of aliphatic hydroxyl groups excluding tert-OH is 1. The lowest BCUT2D eigenvalue weighted by molar-refractivity contribution is 0.0187. The maximum atomic E-state index is 11.0. The van der Waals surface area contributed by atoms with E-state index in [1.807, 2.05) is 0 Å². The van der Waals surface area contributed by atoms with Gasteiger partial charge in [-0.25, -0.2) is 0 Å². The van der Waals surface area contributed by atoms with Gasteiger partial charge in [-0.3, -0.25) is 4.55 Å². The zero-order chi connectivity index (χ0) is 13.5. The van der Waals surface area contributed by atoms with Crippen LogP contribution in [0.3, 0.4) is 0 Å². The molecule has 3 unspecified atom stereocenters. The molecule has 0 aromatic heterocycles. The molecule has 0 saturated heterocycles. The van der Waals surface area contributed by atoms with Crippen molar-refractivity contribution in [3.63, 3.8) is 0 Å². The quantitative estimate of drug-likeness (QED) is 0.578. The third-order valence-corrected chi connectivity index (χ3v) is 3.28. The van der Waals surface area contributed by atoms with E-state index in [0.717, 1.165) is 0 Å². The Bertz CT molecular complexity index is 287. The van der Waals surface area contributed by atoms with Crippen molar-refractivity contribution in [1.29, 1.82) is 0 Å². The second-order valence-electron chi connectivity index (χ2n) is 3.83. The fourth-order valence-corrected chi connectivity index (χ4v) is 1.67. The molecule has 0 bridgehead atoms. The Morgan fingerprint density at radius 3 is 2.29 bits per heavy atom. The van der Waals surface area contributed by atoms with Gasteiger partial charge in [-0.2, -0.15) is 8.42 Å². The molecule has 6 nitrogen and oxygen atoms in total. The first-order valence-electron chi connectivity index (χ1n) is 5.33. The first-order chi connectivity index (χ1) is 7.77. The molecule has 0 saturated carbocycles. The number of hydrogen-bond donors (Lipinski definition) is 2. The molecule has 0 aliphatic carbocycles. The molecule has 0 spiro atoms. The highest BCUT2D eigenvalue weighted by Crippen LogP contribution is 2.08. The van der Waals surface area contributed by atoms with Gasteiger partial charge in [0.2, 0.25) is 0 Å². The van der Waals surface area contributed by atoms with E-state index in [1.54, 1.807) is 13.8 Å². The van der Waals surface area contributed by atoms with Crippen molar-refractivity contribution in [3.8, 4) is 0 Å². The van der Waals surface area contributed by atoms with Gasteiger partial charge < -0.3 is 14.6 Å². The van der Waals surface area contributed by atoms with E-state index in [2.05, 4.69) is 0 Å². The first-order valence-corrected chi connectivity index (χ1v) is 6.83. The van der Waals surface area contributed by atoms with Crippen molar-refractivity contribution in [1.82, 2.24) is 0 Å². The minimum Gasteiger partial charge on any atom is -0.394 e. The standard InChI is InChI=1S/C10H20O6S/c1-8(2)15-5-4-10(17(12,13)14)7-16-9(3)6-11/h1,8-11H,4-7H2,2-3H3,(H,12,13,14). The summed E-state index contributed by atoms with van der Waals surface area (Å²) in [5, 5.41) is 7.65. The third-order valence-electron chi connectivity index (χ3n) is 2.07. The Morgan fingerprint density at radius 2 is 1.88 bits per heavy atom. The fraction of sp³-hybridized carbons (Fsp3) is 0.900. The lowest BCUT2D eigenvalue weighted by atomic mass is 10.3. The van der Waals surface area contributed by atoms with E-state index < -0.39 is 27.6 Å². The zero-order valence-corrected chi connectivity index (χ0v) is 10.9. The molecule has 7 heteroatoms. The SMILES string of the molecule is [CH]C(C)OCCC(COC(C)CO)S(=O)(=O)O. The van der Waals surface area contributed by atoms with E-state index in [9.17, 15) is 8.42 Å². The Labute approximate surface area is 103 Å². The molecule has 0 aliphatic rings. The van der Waals surface area contributed by atoms with Gasteiger partial charge in [-0.05, 0) is 27.2 Å². The number of hydrogen-bond acceptors (Lipinski definition) is 5. The molecule has 2 N–H and O–H groups in total. The van der Waals surface area contributed by atoms with Crippen LogP contribution in [0.1, 0.15) is 20.3 Å². The molecular formula is C10H20O6S. The Balaban J connectivity index is 4.17. The lowest BCUT2D eigenvalue weighted by Crippen LogP contribution is -2.30. The molecule has 17 heavy (non-hydrogen) atoms. The molecule has 0 aromatic carbocycles. The highest BCUT2D eigenvalue weighted by molar-refractivity contribution is 7.86. The average molecular weight is 268 g/mol. The molecule has 0 fully saturated rings. The van der Waals surface area contributed by atoms with Crippen molar-refractivity contribution in [2.45, 2.75) is 37.7 Å². The van der Waals surface area contributed by atoms with Gasteiger partial charge in [0.25, 0.3) is 10.1 Å².